The maximum atomic E-state index is 11.0. The Morgan fingerprint density at radius 2 is 2.00 bits per heavy atom. The van der Waals surface area contributed by atoms with Gasteiger partial charge in [0, 0.05) is 27.6 Å². The van der Waals surface area contributed by atoms with E-state index in [1.165, 1.54) is 5.56 Å². The molecule has 2 aromatic carbocycles. The van der Waals surface area contributed by atoms with E-state index >= 15 is 0 Å². The first kappa shape index (κ1) is 21.1. The van der Waals surface area contributed by atoms with Crippen molar-refractivity contribution in [2.75, 3.05) is 33.4 Å². The molecule has 1 fully saturated rings. The molecular weight excluding hydrogens is 429 g/mol. The molecule has 2 aromatic rings. The van der Waals surface area contributed by atoms with Crippen molar-refractivity contribution in [3.63, 3.8) is 0 Å². The first-order chi connectivity index (χ1) is 14.4. The van der Waals surface area contributed by atoms with Crippen LogP contribution in [-0.4, -0.2) is 49.3 Å². The Hall–Kier alpha value is -2.15. The summed E-state index contributed by atoms with van der Waals surface area (Å²) >= 11 is 12.6. The van der Waals surface area contributed by atoms with E-state index in [4.69, 9.17) is 42.5 Å². The van der Waals surface area contributed by atoms with E-state index in [1.807, 2.05) is 17.0 Å². The zero-order chi connectivity index (χ0) is 21.3. The van der Waals surface area contributed by atoms with Crippen LogP contribution >= 0.6 is 23.2 Å². The molecule has 1 N–H and O–H groups in total. The lowest BCUT2D eigenvalue weighted by molar-refractivity contribution is -0.138. The van der Waals surface area contributed by atoms with Crippen molar-refractivity contribution in [1.29, 1.82) is 0 Å². The lowest BCUT2D eigenvalue weighted by Gasteiger charge is -2.37. The summed E-state index contributed by atoms with van der Waals surface area (Å²) in [5.74, 6) is 1.26. The van der Waals surface area contributed by atoms with Gasteiger partial charge >= 0.3 is 5.97 Å². The third-order valence-electron chi connectivity index (χ3n) is 5.95. The van der Waals surface area contributed by atoms with Crippen molar-refractivity contribution < 1.29 is 24.1 Å². The van der Waals surface area contributed by atoms with Crippen LogP contribution in [0.3, 0.4) is 0 Å². The summed E-state index contributed by atoms with van der Waals surface area (Å²) in [6.45, 7) is 2.41. The summed E-state index contributed by atoms with van der Waals surface area (Å²) in [5, 5.41) is 9.96. The minimum Gasteiger partial charge on any atom is -0.495 e. The molecule has 2 aliphatic rings. The Morgan fingerprint density at radius 1 is 1.23 bits per heavy atom. The molecule has 0 aromatic heterocycles. The third kappa shape index (κ3) is 4.04. The highest BCUT2D eigenvalue weighted by atomic mass is 35.5. The summed E-state index contributed by atoms with van der Waals surface area (Å²) in [6, 6.07) is 9.34. The molecule has 2 heterocycles. The lowest BCUT2D eigenvalue weighted by Crippen LogP contribution is -2.45. The second-order valence-electron chi connectivity index (χ2n) is 7.73. The zero-order valence-corrected chi connectivity index (χ0v) is 18.1. The number of carboxylic acid groups (broad SMARTS) is 1. The molecule has 8 heteroatoms. The highest BCUT2D eigenvalue weighted by molar-refractivity contribution is 6.36. The van der Waals surface area contributed by atoms with Crippen molar-refractivity contribution in [2.24, 2.45) is 0 Å². The molecule has 6 nitrogen and oxygen atoms in total. The van der Waals surface area contributed by atoms with Gasteiger partial charge in [-0.15, -0.1) is 0 Å². The monoisotopic (exact) mass is 451 g/mol. The van der Waals surface area contributed by atoms with E-state index in [-0.39, 0.29) is 18.6 Å². The molecule has 160 valence electrons. The van der Waals surface area contributed by atoms with Crippen molar-refractivity contribution in [3.8, 4) is 17.2 Å². The Kier molecular flexibility index (Phi) is 6.00. The van der Waals surface area contributed by atoms with Gasteiger partial charge in [-0.05, 0) is 44.1 Å². The molecule has 1 saturated heterocycles. The number of likely N-dealkylation sites (tertiary alicyclic amines) is 1. The fourth-order valence-electron chi connectivity index (χ4n) is 4.21. The highest BCUT2D eigenvalue weighted by Crippen LogP contribution is 2.46. The minimum atomic E-state index is -0.785. The topological polar surface area (TPSA) is 68.2 Å². The van der Waals surface area contributed by atoms with E-state index in [0.717, 1.165) is 31.7 Å². The van der Waals surface area contributed by atoms with Gasteiger partial charge in [0.2, 0.25) is 0 Å². The van der Waals surface area contributed by atoms with Crippen molar-refractivity contribution in [3.05, 3.63) is 51.5 Å². The smallest absolute Gasteiger partial charge is 0.317 e. The molecular formula is C22H23Cl2NO5. The molecule has 2 aliphatic heterocycles. The highest BCUT2D eigenvalue weighted by Gasteiger charge is 2.43. The molecule has 0 saturated carbocycles. The minimum absolute atomic E-state index is 0.0533. The Labute approximate surface area is 185 Å². The van der Waals surface area contributed by atoms with Gasteiger partial charge in [-0.1, -0.05) is 29.3 Å². The van der Waals surface area contributed by atoms with Crippen LogP contribution in [0.15, 0.2) is 30.3 Å². The summed E-state index contributed by atoms with van der Waals surface area (Å²) in [7, 11) is 1.56. The number of ether oxygens (including phenoxy) is 3. The van der Waals surface area contributed by atoms with Crippen LogP contribution in [0, 0.1) is 0 Å². The van der Waals surface area contributed by atoms with Crippen LogP contribution in [0.4, 0.5) is 0 Å². The number of hydrogen-bond acceptors (Lipinski definition) is 5. The van der Waals surface area contributed by atoms with Crippen LogP contribution < -0.4 is 14.2 Å². The number of halogens is 2. The standard InChI is InChI=1S/C22H23Cl2NO5/c1-28-18-5-4-17(23)15(21(18)24)12-29-14-2-3-16-19(10-14)30-13-22(16)6-8-25(9-7-22)11-20(26)27/h2-5,10H,6-9,11-13H2,1H3,(H,26,27). The van der Waals surface area contributed by atoms with Gasteiger partial charge in [0.15, 0.2) is 0 Å². The van der Waals surface area contributed by atoms with Gasteiger partial charge in [-0.2, -0.15) is 0 Å². The van der Waals surface area contributed by atoms with Crippen LogP contribution in [0.25, 0.3) is 0 Å². The summed E-state index contributed by atoms with van der Waals surface area (Å²) < 4.78 is 17.2. The van der Waals surface area contributed by atoms with Gasteiger partial charge in [-0.3, -0.25) is 9.69 Å². The largest absolute Gasteiger partial charge is 0.495 e. The van der Waals surface area contributed by atoms with Crippen molar-refractivity contribution >= 4 is 29.2 Å². The number of piperidine rings is 1. The van der Waals surface area contributed by atoms with E-state index in [0.29, 0.717) is 33.7 Å². The molecule has 0 amide bonds. The summed E-state index contributed by atoms with van der Waals surface area (Å²) in [5.41, 5.74) is 1.78. The number of fused-ring (bicyclic) bond motifs is 2. The average molecular weight is 452 g/mol. The van der Waals surface area contributed by atoms with Gasteiger partial charge in [0.1, 0.15) is 23.9 Å². The molecule has 4 rings (SSSR count). The number of nitrogens with zero attached hydrogens (tertiary/aromatic N) is 1. The molecule has 30 heavy (non-hydrogen) atoms. The fourth-order valence-corrected chi connectivity index (χ4v) is 4.77. The van der Waals surface area contributed by atoms with Crippen LogP contribution in [0.2, 0.25) is 10.0 Å². The molecule has 1 spiro atoms. The second kappa shape index (κ2) is 8.53. The van der Waals surface area contributed by atoms with Crippen LogP contribution in [0.1, 0.15) is 24.0 Å². The van der Waals surface area contributed by atoms with E-state index < -0.39 is 5.97 Å². The molecule has 0 bridgehead atoms. The Bertz CT molecular complexity index is 957. The Morgan fingerprint density at radius 3 is 2.70 bits per heavy atom. The van der Waals surface area contributed by atoms with Crippen molar-refractivity contribution in [1.82, 2.24) is 4.90 Å². The van der Waals surface area contributed by atoms with Gasteiger partial charge in [-0.25, -0.2) is 0 Å². The SMILES string of the molecule is COc1ccc(Cl)c(COc2ccc3c(c2)OCC32CCN(CC(=O)O)CC2)c1Cl. The third-order valence-corrected chi connectivity index (χ3v) is 6.72. The zero-order valence-electron chi connectivity index (χ0n) is 16.6. The quantitative estimate of drug-likeness (QED) is 0.701. The van der Waals surface area contributed by atoms with Gasteiger partial charge in [0.05, 0.1) is 25.3 Å². The van der Waals surface area contributed by atoms with Crippen LogP contribution in [-0.2, 0) is 16.8 Å². The lowest BCUT2D eigenvalue weighted by atomic mass is 9.74. The first-order valence-electron chi connectivity index (χ1n) is 9.77. The van der Waals surface area contributed by atoms with Crippen molar-refractivity contribution in [2.45, 2.75) is 24.9 Å². The molecule has 0 atom stereocenters. The second-order valence-corrected chi connectivity index (χ2v) is 8.51. The number of benzene rings is 2. The Balaban J connectivity index is 1.46. The average Bonchev–Trinajstić information content (AvgIpc) is 3.07. The number of carboxylic acids is 1. The first-order valence-corrected chi connectivity index (χ1v) is 10.5. The maximum Gasteiger partial charge on any atom is 0.317 e. The summed E-state index contributed by atoms with van der Waals surface area (Å²) in [6.07, 6.45) is 1.75. The maximum absolute atomic E-state index is 11.0. The van der Waals surface area contributed by atoms with E-state index in [9.17, 15) is 4.79 Å². The number of carbonyl (C=O) groups is 1. The number of rotatable bonds is 6. The summed E-state index contributed by atoms with van der Waals surface area (Å²) in [4.78, 5) is 12.9. The van der Waals surface area contributed by atoms with E-state index in [2.05, 4.69) is 6.07 Å². The fraction of sp³-hybridized carbons (Fsp3) is 0.409. The van der Waals surface area contributed by atoms with Gasteiger partial charge in [0.25, 0.3) is 0 Å². The normalized spacial score (nSPS) is 17.4. The number of methoxy groups -OCH3 is 1. The molecule has 0 radical (unpaired) electrons. The van der Waals surface area contributed by atoms with Crippen LogP contribution in [0.5, 0.6) is 17.2 Å². The predicted octanol–water partition coefficient (Wildman–Crippen LogP) is 4.39. The van der Waals surface area contributed by atoms with E-state index in [1.54, 1.807) is 19.2 Å². The van der Waals surface area contributed by atoms with Gasteiger partial charge < -0.3 is 19.3 Å². The number of hydrogen-bond donors (Lipinski definition) is 1. The molecule has 0 unspecified atom stereocenters. The molecule has 0 aliphatic carbocycles. The predicted molar refractivity (Wildman–Crippen MR) is 114 cm³/mol. The number of aliphatic carboxylic acids is 1.